The Morgan fingerprint density at radius 1 is 1.38 bits per heavy atom. The molecule has 0 aliphatic carbocycles. The van der Waals surface area contributed by atoms with Crippen molar-refractivity contribution in [1.82, 2.24) is 0 Å². The third-order valence-electron chi connectivity index (χ3n) is 3.57. The molecule has 2 N–H and O–H groups in total. The Morgan fingerprint density at radius 3 is 2.48 bits per heavy atom. The van der Waals surface area contributed by atoms with Gasteiger partial charge in [0.05, 0.1) is 21.4 Å². The quantitative estimate of drug-likeness (QED) is 0.667. The molecular weight excluding hydrogens is 318 g/mol. The maximum atomic E-state index is 11.1. The molecular formula is C12H16ClN3O4S. The van der Waals surface area contributed by atoms with Crippen molar-refractivity contribution in [2.24, 2.45) is 11.1 Å². The first-order valence-corrected chi connectivity index (χ1v) is 8.55. The van der Waals surface area contributed by atoms with Crippen LogP contribution in [0, 0.1) is 16.0 Å². The predicted octanol–water partition coefficient (Wildman–Crippen LogP) is 1.75. The van der Waals surface area contributed by atoms with Gasteiger partial charge in [0, 0.05) is 25.2 Å². The molecule has 1 heterocycles. The number of nitrogens with zero attached hydrogens (tertiary/aromatic N) is 2. The van der Waals surface area contributed by atoms with Gasteiger partial charge in [-0.3, -0.25) is 10.1 Å². The van der Waals surface area contributed by atoms with Crippen molar-refractivity contribution in [3.63, 3.8) is 0 Å². The summed E-state index contributed by atoms with van der Waals surface area (Å²) in [6.07, 6.45) is 1.40. The Morgan fingerprint density at radius 2 is 2.00 bits per heavy atom. The molecule has 21 heavy (non-hydrogen) atoms. The lowest BCUT2D eigenvalue weighted by Crippen LogP contribution is -2.37. The number of nitro benzene ring substituents is 1. The first-order chi connectivity index (χ1) is 9.76. The molecule has 0 spiro atoms. The van der Waals surface area contributed by atoms with E-state index < -0.39 is 14.9 Å². The van der Waals surface area contributed by atoms with Crippen LogP contribution in [-0.4, -0.2) is 32.2 Å². The van der Waals surface area contributed by atoms with Crippen LogP contribution in [0.1, 0.15) is 12.8 Å². The minimum absolute atomic E-state index is 0.00513. The zero-order valence-corrected chi connectivity index (χ0v) is 12.8. The molecule has 1 saturated heterocycles. The van der Waals surface area contributed by atoms with E-state index in [1.807, 2.05) is 4.90 Å². The zero-order valence-electron chi connectivity index (χ0n) is 11.2. The fourth-order valence-corrected chi connectivity index (χ4v) is 3.82. The SMILES string of the molecule is NS(=O)(=O)CC1CCN(c2ccc([N+](=O)[O-])cc2Cl)CC1. The third-order valence-corrected chi connectivity index (χ3v) is 4.80. The average molecular weight is 334 g/mol. The van der Waals surface area contributed by atoms with Crippen molar-refractivity contribution in [3.8, 4) is 0 Å². The van der Waals surface area contributed by atoms with Crippen molar-refractivity contribution in [2.75, 3.05) is 23.7 Å². The van der Waals surface area contributed by atoms with Crippen LogP contribution in [0.2, 0.25) is 5.02 Å². The molecule has 0 unspecified atom stereocenters. The Kier molecular flexibility index (Phi) is 4.70. The number of hydrogen-bond acceptors (Lipinski definition) is 5. The smallest absolute Gasteiger partial charge is 0.271 e. The van der Waals surface area contributed by atoms with Crippen molar-refractivity contribution in [1.29, 1.82) is 0 Å². The number of hydrogen-bond donors (Lipinski definition) is 1. The molecule has 9 heteroatoms. The summed E-state index contributed by atoms with van der Waals surface area (Å²) in [7, 11) is -3.45. The topological polar surface area (TPSA) is 107 Å². The molecule has 0 saturated carbocycles. The van der Waals surface area contributed by atoms with Crippen LogP contribution >= 0.6 is 11.6 Å². The highest BCUT2D eigenvalue weighted by molar-refractivity contribution is 7.89. The van der Waals surface area contributed by atoms with Crippen LogP contribution in [0.5, 0.6) is 0 Å². The van der Waals surface area contributed by atoms with E-state index >= 15 is 0 Å². The van der Waals surface area contributed by atoms with Gasteiger partial charge in [0.1, 0.15) is 0 Å². The summed E-state index contributed by atoms with van der Waals surface area (Å²) >= 11 is 6.09. The molecule has 0 aromatic heterocycles. The van der Waals surface area contributed by atoms with Gasteiger partial charge in [-0.25, -0.2) is 13.6 Å². The van der Waals surface area contributed by atoms with Crippen LogP contribution in [0.25, 0.3) is 0 Å². The average Bonchev–Trinajstić information content (AvgIpc) is 2.38. The summed E-state index contributed by atoms with van der Waals surface area (Å²) in [5.74, 6) is 0.0440. The number of non-ortho nitro benzene ring substituents is 1. The van der Waals surface area contributed by atoms with Gasteiger partial charge >= 0.3 is 0 Å². The predicted molar refractivity (Wildman–Crippen MR) is 81.0 cm³/mol. The zero-order chi connectivity index (χ0) is 15.6. The van der Waals surface area contributed by atoms with Gasteiger partial charge in [-0.05, 0) is 24.8 Å². The van der Waals surface area contributed by atoms with Gasteiger partial charge in [-0.2, -0.15) is 0 Å². The Hall–Kier alpha value is -1.38. The molecule has 1 aliphatic heterocycles. The summed E-state index contributed by atoms with van der Waals surface area (Å²) in [5.41, 5.74) is 0.684. The van der Waals surface area contributed by atoms with Crippen LogP contribution < -0.4 is 10.0 Å². The van der Waals surface area contributed by atoms with E-state index in [0.717, 1.165) is 5.69 Å². The molecule has 2 rings (SSSR count). The standard InChI is InChI=1S/C12H16ClN3O4S/c13-11-7-10(16(17)18)1-2-12(11)15-5-3-9(4-6-15)8-21(14,19)20/h1-2,7,9H,3-6,8H2,(H2,14,19,20). The van der Waals surface area contributed by atoms with Gasteiger partial charge < -0.3 is 4.90 Å². The summed E-state index contributed by atoms with van der Waals surface area (Å²) in [5, 5.41) is 16.1. The number of halogens is 1. The van der Waals surface area contributed by atoms with Crippen molar-refractivity contribution < 1.29 is 13.3 Å². The summed E-state index contributed by atoms with van der Waals surface area (Å²) in [6, 6.07) is 4.37. The van der Waals surface area contributed by atoms with E-state index in [0.29, 0.717) is 31.0 Å². The lowest BCUT2D eigenvalue weighted by molar-refractivity contribution is -0.384. The highest BCUT2D eigenvalue weighted by Crippen LogP contribution is 2.32. The first kappa shape index (κ1) is 16.0. The van der Waals surface area contributed by atoms with E-state index in [-0.39, 0.29) is 17.4 Å². The molecule has 0 radical (unpaired) electrons. The molecule has 0 amide bonds. The van der Waals surface area contributed by atoms with E-state index in [4.69, 9.17) is 16.7 Å². The molecule has 0 bridgehead atoms. The highest BCUT2D eigenvalue weighted by atomic mass is 35.5. The highest BCUT2D eigenvalue weighted by Gasteiger charge is 2.24. The van der Waals surface area contributed by atoms with Crippen LogP contribution in [0.3, 0.4) is 0 Å². The van der Waals surface area contributed by atoms with Gasteiger partial charge in [0.25, 0.3) is 5.69 Å². The number of piperidine rings is 1. The fourth-order valence-electron chi connectivity index (χ4n) is 2.53. The number of rotatable bonds is 4. The number of nitrogens with two attached hydrogens (primary N) is 1. The monoisotopic (exact) mass is 333 g/mol. The van der Waals surface area contributed by atoms with Gasteiger partial charge in [-0.1, -0.05) is 11.6 Å². The van der Waals surface area contributed by atoms with Crippen LogP contribution in [0.4, 0.5) is 11.4 Å². The van der Waals surface area contributed by atoms with E-state index in [2.05, 4.69) is 0 Å². The third kappa shape index (κ3) is 4.29. The second-order valence-electron chi connectivity index (χ2n) is 5.15. The number of benzene rings is 1. The lowest BCUT2D eigenvalue weighted by atomic mass is 9.98. The molecule has 1 aromatic rings. The fraction of sp³-hybridized carbons (Fsp3) is 0.500. The number of sulfonamides is 1. The number of primary sulfonamides is 1. The Labute approximate surface area is 127 Å². The number of nitro groups is 1. The molecule has 1 fully saturated rings. The summed E-state index contributed by atoms with van der Waals surface area (Å²) < 4.78 is 22.2. The molecule has 116 valence electrons. The largest absolute Gasteiger partial charge is 0.370 e. The van der Waals surface area contributed by atoms with E-state index in [1.165, 1.54) is 12.1 Å². The minimum Gasteiger partial charge on any atom is -0.370 e. The van der Waals surface area contributed by atoms with E-state index in [9.17, 15) is 18.5 Å². The molecule has 7 nitrogen and oxygen atoms in total. The molecule has 1 aliphatic rings. The van der Waals surface area contributed by atoms with Gasteiger partial charge in [0.2, 0.25) is 10.0 Å². The second-order valence-corrected chi connectivity index (χ2v) is 7.22. The van der Waals surface area contributed by atoms with Gasteiger partial charge in [-0.15, -0.1) is 0 Å². The van der Waals surface area contributed by atoms with Crippen LogP contribution in [0.15, 0.2) is 18.2 Å². The Bertz CT molecular complexity index is 642. The van der Waals surface area contributed by atoms with Crippen LogP contribution in [-0.2, 0) is 10.0 Å². The number of anilines is 1. The lowest BCUT2D eigenvalue weighted by Gasteiger charge is -2.33. The van der Waals surface area contributed by atoms with Crippen molar-refractivity contribution in [3.05, 3.63) is 33.3 Å². The summed E-state index contributed by atoms with van der Waals surface area (Å²) in [4.78, 5) is 12.2. The second kappa shape index (κ2) is 6.17. The van der Waals surface area contributed by atoms with Crippen molar-refractivity contribution in [2.45, 2.75) is 12.8 Å². The minimum atomic E-state index is -3.45. The Balaban J connectivity index is 2.04. The maximum Gasteiger partial charge on any atom is 0.271 e. The summed E-state index contributed by atoms with van der Waals surface area (Å²) in [6.45, 7) is 1.30. The van der Waals surface area contributed by atoms with E-state index in [1.54, 1.807) is 6.07 Å². The first-order valence-electron chi connectivity index (χ1n) is 6.45. The molecule has 1 aromatic carbocycles. The van der Waals surface area contributed by atoms with Crippen molar-refractivity contribution >= 4 is 33.0 Å². The van der Waals surface area contributed by atoms with Gasteiger partial charge in [0.15, 0.2) is 0 Å². The normalized spacial score (nSPS) is 17.0. The maximum absolute atomic E-state index is 11.1. The molecule has 0 atom stereocenters.